The third-order valence-electron chi connectivity index (χ3n) is 4.03. The molecule has 0 radical (unpaired) electrons. The van der Waals surface area contributed by atoms with Crippen LogP contribution in [0.2, 0.25) is 0 Å². The van der Waals surface area contributed by atoms with E-state index in [1.807, 2.05) is 72.2 Å². The van der Waals surface area contributed by atoms with Gasteiger partial charge < -0.3 is 10.6 Å². The minimum Gasteiger partial charge on any atom is -0.355 e. The van der Waals surface area contributed by atoms with E-state index in [-0.39, 0.29) is 24.1 Å². The van der Waals surface area contributed by atoms with Gasteiger partial charge in [-0.2, -0.15) is 0 Å². The van der Waals surface area contributed by atoms with Crippen LogP contribution in [0.3, 0.4) is 0 Å². The summed E-state index contributed by atoms with van der Waals surface area (Å²) in [4.78, 5) is 23.8. The van der Waals surface area contributed by atoms with Crippen molar-refractivity contribution in [2.75, 3.05) is 18.8 Å². The van der Waals surface area contributed by atoms with E-state index < -0.39 is 0 Å². The molecule has 0 atom stereocenters. The van der Waals surface area contributed by atoms with Crippen molar-refractivity contribution >= 4 is 23.6 Å². The molecule has 29 heavy (non-hydrogen) atoms. The van der Waals surface area contributed by atoms with Crippen LogP contribution in [0, 0.1) is 0 Å². The standard InChI is InChI=1S/C21H23N5O2S/c1-2-13-22-18(27)14-23-19(28)15-29-21-25-24-20(16-9-5-3-6-10-16)26(21)17-11-7-4-8-12-17/h3-12H,2,13-15H2,1H3,(H,22,27)(H,23,28). The molecule has 2 N–H and O–H groups in total. The van der Waals surface area contributed by atoms with Crippen LogP contribution in [0.5, 0.6) is 0 Å². The lowest BCUT2D eigenvalue weighted by atomic mass is 10.2. The van der Waals surface area contributed by atoms with Crippen molar-refractivity contribution in [3.63, 3.8) is 0 Å². The smallest absolute Gasteiger partial charge is 0.239 e. The number of carbonyl (C=O) groups is 2. The zero-order valence-corrected chi connectivity index (χ0v) is 17.0. The first-order valence-corrected chi connectivity index (χ1v) is 10.4. The fourth-order valence-electron chi connectivity index (χ4n) is 2.63. The van der Waals surface area contributed by atoms with Gasteiger partial charge in [-0.05, 0) is 18.6 Å². The molecule has 0 bridgehead atoms. The minimum atomic E-state index is -0.231. The van der Waals surface area contributed by atoms with Crippen LogP contribution >= 0.6 is 11.8 Å². The van der Waals surface area contributed by atoms with E-state index in [0.29, 0.717) is 17.5 Å². The summed E-state index contributed by atoms with van der Waals surface area (Å²) in [5.74, 6) is 0.425. The molecule has 0 aliphatic heterocycles. The molecule has 8 heteroatoms. The summed E-state index contributed by atoms with van der Waals surface area (Å²) in [7, 11) is 0. The summed E-state index contributed by atoms with van der Waals surface area (Å²) >= 11 is 1.28. The van der Waals surface area contributed by atoms with Crippen LogP contribution in [-0.4, -0.2) is 45.4 Å². The summed E-state index contributed by atoms with van der Waals surface area (Å²) in [6, 6.07) is 19.6. The van der Waals surface area contributed by atoms with E-state index >= 15 is 0 Å². The Morgan fingerprint density at radius 3 is 2.31 bits per heavy atom. The van der Waals surface area contributed by atoms with Gasteiger partial charge in [-0.3, -0.25) is 14.2 Å². The number of benzene rings is 2. The SMILES string of the molecule is CCCNC(=O)CNC(=O)CSc1nnc(-c2ccccc2)n1-c1ccccc1. The molecule has 0 aliphatic rings. The highest BCUT2D eigenvalue weighted by Gasteiger charge is 2.17. The van der Waals surface area contributed by atoms with Gasteiger partial charge in [0.05, 0.1) is 12.3 Å². The van der Waals surface area contributed by atoms with Crippen molar-refractivity contribution in [3.05, 3.63) is 60.7 Å². The van der Waals surface area contributed by atoms with E-state index in [2.05, 4.69) is 20.8 Å². The first kappa shape index (κ1) is 20.6. The average molecular weight is 410 g/mol. The Morgan fingerprint density at radius 1 is 0.931 bits per heavy atom. The topological polar surface area (TPSA) is 88.9 Å². The van der Waals surface area contributed by atoms with Crippen LogP contribution in [0.25, 0.3) is 17.1 Å². The van der Waals surface area contributed by atoms with Crippen molar-refractivity contribution in [1.29, 1.82) is 0 Å². The van der Waals surface area contributed by atoms with Gasteiger partial charge in [0.1, 0.15) is 0 Å². The first-order valence-electron chi connectivity index (χ1n) is 9.41. The Morgan fingerprint density at radius 2 is 1.62 bits per heavy atom. The van der Waals surface area contributed by atoms with Crippen LogP contribution < -0.4 is 10.6 Å². The second kappa shape index (κ2) is 10.4. The number of nitrogens with one attached hydrogen (secondary N) is 2. The van der Waals surface area contributed by atoms with Crippen molar-refractivity contribution in [2.45, 2.75) is 18.5 Å². The van der Waals surface area contributed by atoms with Gasteiger partial charge in [0.2, 0.25) is 11.8 Å². The van der Waals surface area contributed by atoms with Gasteiger partial charge in [-0.25, -0.2) is 0 Å². The predicted octanol–water partition coefficient (Wildman–Crippen LogP) is 2.67. The first-order chi connectivity index (χ1) is 14.2. The van der Waals surface area contributed by atoms with E-state index in [9.17, 15) is 9.59 Å². The zero-order valence-electron chi connectivity index (χ0n) is 16.2. The van der Waals surface area contributed by atoms with Crippen LogP contribution in [0.1, 0.15) is 13.3 Å². The zero-order chi connectivity index (χ0) is 20.5. The maximum atomic E-state index is 12.1. The van der Waals surface area contributed by atoms with Gasteiger partial charge in [0.25, 0.3) is 0 Å². The normalized spacial score (nSPS) is 10.5. The molecule has 0 aliphatic carbocycles. The van der Waals surface area contributed by atoms with E-state index in [1.165, 1.54) is 11.8 Å². The molecule has 0 saturated carbocycles. The molecule has 3 rings (SSSR count). The lowest BCUT2D eigenvalue weighted by Gasteiger charge is -2.10. The number of amides is 2. The average Bonchev–Trinajstić information content (AvgIpc) is 3.20. The van der Waals surface area contributed by atoms with E-state index in [4.69, 9.17) is 0 Å². The van der Waals surface area contributed by atoms with Gasteiger partial charge in [-0.1, -0.05) is 67.2 Å². The highest BCUT2D eigenvalue weighted by Crippen LogP contribution is 2.27. The van der Waals surface area contributed by atoms with Crippen LogP contribution in [-0.2, 0) is 9.59 Å². The number of carbonyl (C=O) groups excluding carboxylic acids is 2. The summed E-state index contributed by atoms with van der Waals surface area (Å²) in [5, 5.41) is 14.6. The lowest BCUT2D eigenvalue weighted by Crippen LogP contribution is -2.37. The molecule has 7 nitrogen and oxygen atoms in total. The molecular formula is C21H23N5O2S. The van der Waals surface area contributed by atoms with Crippen molar-refractivity contribution < 1.29 is 9.59 Å². The second-order valence-electron chi connectivity index (χ2n) is 6.26. The van der Waals surface area contributed by atoms with Crippen LogP contribution in [0.4, 0.5) is 0 Å². The number of thioether (sulfide) groups is 1. The van der Waals surface area contributed by atoms with E-state index in [0.717, 1.165) is 17.7 Å². The van der Waals surface area contributed by atoms with Crippen molar-refractivity contribution in [2.24, 2.45) is 0 Å². The van der Waals surface area contributed by atoms with Crippen molar-refractivity contribution in [3.8, 4) is 17.1 Å². The fraction of sp³-hybridized carbons (Fsp3) is 0.238. The number of hydrogen-bond acceptors (Lipinski definition) is 5. The van der Waals surface area contributed by atoms with Gasteiger partial charge in [0, 0.05) is 17.8 Å². The number of nitrogens with zero attached hydrogens (tertiary/aromatic N) is 3. The fourth-order valence-corrected chi connectivity index (χ4v) is 3.42. The maximum Gasteiger partial charge on any atom is 0.239 e. The third-order valence-corrected chi connectivity index (χ3v) is 4.96. The molecule has 2 amide bonds. The quantitative estimate of drug-likeness (QED) is 0.531. The Kier molecular flexibility index (Phi) is 7.40. The third kappa shape index (κ3) is 5.68. The Labute approximate surface area is 173 Å². The molecule has 3 aromatic rings. The largest absolute Gasteiger partial charge is 0.355 e. The molecule has 0 spiro atoms. The van der Waals surface area contributed by atoms with Gasteiger partial charge in [0.15, 0.2) is 11.0 Å². The molecule has 0 saturated heterocycles. The molecule has 2 aromatic carbocycles. The molecule has 150 valence electrons. The van der Waals surface area contributed by atoms with Gasteiger partial charge >= 0.3 is 0 Å². The second-order valence-corrected chi connectivity index (χ2v) is 7.20. The van der Waals surface area contributed by atoms with Crippen molar-refractivity contribution in [1.82, 2.24) is 25.4 Å². The summed E-state index contributed by atoms with van der Waals surface area (Å²) < 4.78 is 1.93. The number of aromatic nitrogens is 3. The summed E-state index contributed by atoms with van der Waals surface area (Å²) in [5.41, 5.74) is 1.85. The summed E-state index contributed by atoms with van der Waals surface area (Å²) in [6.07, 6.45) is 0.856. The number of rotatable bonds is 9. The number of para-hydroxylation sites is 1. The molecule has 1 heterocycles. The molecule has 0 fully saturated rings. The molecule has 1 aromatic heterocycles. The molecular weight excluding hydrogens is 386 g/mol. The molecule has 0 unspecified atom stereocenters. The van der Waals surface area contributed by atoms with E-state index in [1.54, 1.807) is 0 Å². The number of hydrogen-bond donors (Lipinski definition) is 2. The Balaban J connectivity index is 1.72. The van der Waals surface area contributed by atoms with Crippen LogP contribution in [0.15, 0.2) is 65.8 Å². The predicted molar refractivity (Wildman–Crippen MR) is 114 cm³/mol. The monoisotopic (exact) mass is 409 g/mol. The van der Waals surface area contributed by atoms with Gasteiger partial charge in [-0.15, -0.1) is 10.2 Å². The Hall–Kier alpha value is -3.13. The highest BCUT2D eigenvalue weighted by atomic mass is 32.2. The lowest BCUT2D eigenvalue weighted by molar-refractivity contribution is -0.124. The maximum absolute atomic E-state index is 12.1. The Bertz CT molecular complexity index is 944. The summed E-state index contributed by atoms with van der Waals surface area (Å²) in [6.45, 7) is 2.55. The minimum absolute atomic E-state index is 0.0277. The highest BCUT2D eigenvalue weighted by molar-refractivity contribution is 7.99.